The summed E-state index contributed by atoms with van der Waals surface area (Å²) >= 11 is 0. The lowest BCUT2D eigenvalue weighted by Gasteiger charge is -2.18. The zero-order chi connectivity index (χ0) is 46.6. The Bertz CT molecular complexity index is 4590. The van der Waals surface area contributed by atoms with Gasteiger partial charge in [-0.1, -0.05) is 212 Å². The van der Waals surface area contributed by atoms with Crippen molar-refractivity contribution in [1.29, 1.82) is 0 Å². The van der Waals surface area contributed by atoms with Crippen molar-refractivity contribution in [2.75, 3.05) is 0 Å². The molecule has 71 heavy (non-hydrogen) atoms. The van der Waals surface area contributed by atoms with E-state index in [0.717, 1.165) is 21.9 Å². The Morgan fingerprint density at radius 1 is 0.197 bits per heavy atom. The topological polar surface area (TPSA) is 13.1 Å². The van der Waals surface area contributed by atoms with E-state index in [1.54, 1.807) is 0 Å². The highest BCUT2D eigenvalue weighted by Gasteiger charge is 2.21. The summed E-state index contributed by atoms with van der Waals surface area (Å²) in [5.41, 5.74) is 14.1. The number of rotatable bonds is 5. The Labute approximate surface area is 410 Å². The molecule has 0 amide bonds. The van der Waals surface area contributed by atoms with E-state index in [1.807, 2.05) is 6.07 Å². The maximum atomic E-state index is 6.41. The van der Waals surface area contributed by atoms with Crippen LogP contribution >= 0.6 is 0 Å². The summed E-state index contributed by atoms with van der Waals surface area (Å²) in [6.07, 6.45) is 0. The Morgan fingerprint density at radius 2 is 0.521 bits per heavy atom. The van der Waals surface area contributed by atoms with Crippen LogP contribution in [0.1, 0.15) is 0 Å². The van der Waals surface area contributed by atoms with Crippen LogP contribution in [0.4, 0.5) is 0 Å². The maximum absolute atomic E-state index is 6.41. The third kappa shape index (κ3) is 6.20. The van der Waals surface area contributed by atoms with Crippen LogP contribution in [0.15, 0.2) is 259 Å². The Morgan fingerprint density at radius 3 is 0.986 bits per heavy atom. The van der Waals surface area contributed by atoms with Crippen molar-refractivity contribution >= 4 is 97.3 Å². The molecule has 0 bridgehead atoms. The minimum Gasteiger partial charge on any atom is -0.456 e. The number of para-hydroxylation sites is 1. The second-order valence-corrected chi connectivity index (χ2v) is 19.1. The van der Waals surface area contributed by atoms with Crippen molar-refractivity contribution in [3.8, 4) is 55.6 Å². The lowest BCUT2D eigenvalue weighted by molar-refractivity contribution is 0.669. The van der Waals surface area contributed by atoms with Gasteiger partial charge < -0.3 is 4.42 Å². The summed E-state index contributed by atoms with van der Waals surface area (Å²) in [6.45, 7) is 0. The maximum Gasteiger partial charge on any atom is 0.136 e. The molecule has 0 fully saturated rings. The van der Waals surface area contributed by atoms with Crippen molar-refractivity contribution < 1.29 is 4.42 Å². The van der Waals surface area contributed by atoms with E-state index >= 15 is 0 Å². The molecule has 0 unspecified atom stereocenters. The van der Waals surface area contributed by atoms with Gasteiger partial charge in [-0.3, -0.25) is 0 Å². The highest BCUT2D eigenvalue weighted by atomic mass is 16.3. The summed E-state index contributed by atoms with van der Waals surface area (Å²) in [5.74, 6) is 0. The minimum absolute atomic E-state index is 0.906. The fourth-order valence-electron chi connectivity index (χ4n) is 12.0. The van der Waals surface area contributed by atoms with E-state index < -0.39 is 0 Å². The van der Waals surface area contributed by atoms with Gasteiger partial charge in [-0.2, -0.15) is 0 Å². The number of fused-ring (bicyclic) bond motifs is 10. The molecule has 15 aromatic rings. The van der Waals surface area contributed by atoms with Crippen LogP contribution < -0.4 is 0 Å². The smallest absolute Gasteiger partial charge is 0.136 e. The molecular weight excluding hydrogens is 857 g/mol. The van der Waals surface area contributed by atoms with Crippen molar-refractivity contribution in [1.82, 2.24) is 0 Å². The second-order valence-electron chi connectivity index (χ2n) is 19.1. The molecule has 14 aromatic carbocycles. The van der Waals surface area contributed by atoms with Crippen LogP contribution in [0.25, 0.3) is 153 Å². The standard InChI is InChI=1S/C70H42O/c1-2-15-46-38-49(35-30-43(46)14-1)66-54-16-3-5-18-56(54)67(57-19-6-4-17-55(57)66)50-36-31-44-28-33-47(39-52(44)41-50)48-34-29-45-32-37-51(42-53(45)40-48)68-58-20-7-9-22-60(58)69(61-23-10-8-21-59(61)68)63-25-13-27-65-70(63)62-24-11-12-26-64(62)71-65/h1-42H. The molecule has 1 heteroatoms. The van der Waals surface area contributed by atoms with Crippen LogP contribution in [-0.2, 0) is 0 Å². The molecule has 328 valence electrons. The monoisotopic (exact) mass is 898 g/mol. The van der Waals surface area contributed by atoms with Crippen molar-refractivity contribution in [3.05, 3.63) is 255 Å². The second kappa shape index (κ2) is 15.6. The lowest BCUT2D eigenvalue weighted by atomic mass is 9.84. The summed E-state index contributed by atoms with van der Waals surface area (Å²) in [7, 11) is 0. The van der Waals surface area contributed by atoms with Gasteiger partial charge in [0.15, 0.2) is 0 Å². The largest absolute Gasteiger partial charge is 0.456 e. The minimum atomic E-state index is 0.906. The van der Waals surface area contributed by atoms with Gasteiger partial charge in [-0.05, 0) is 174 Å². The van der Waals surface area contributed by atoms with Crippen LogP contribution in [0, 0.1) is 0 Å². The quantitative estimate of drug-likeness (QED) is 0.157. The van der Waals surface area contributed by atoms with Gasteiger partial charge in [0.25, 0.3) is 0 Å². The highest BCUT2D eigenvalue weighted by Crippen LogP contribution is 2.48. The molecule has 0 aliphatic heterocycles. The van der Waals surface area contributed by atoms with Crippen molar-refractivity contribution in [2.45, 2.75) is 0 Å². The molecule has 0 atom stereocenters. The predicted octanol–water partition coefficient (Wildman–Crippen LogP) is 20.0. The van der Waals surface area contributed by atoms with Crippen LogP contribution in [-0.4, -0.2) is 0 Å². The molecule has 1 heterocycles. The number of hydrogen-bond donors (Lipinski definition) is 0. The summed E-state index contributed by atoms with van der Waals surface area (Å²) < 4.78 is 6.41. The molecule has 0 N–H and O–H groups in total. The predicted molar refractivity (Wildman–Crippen MR) is 303 cm³/mol. The zero-order valence-corrected chi connectivity index (χ0v) is 38.7. The zero-order valence-electron chi connectivity index (χ0n) is 38.7. The summed E-state index contributed by atoms with van der Waals surface area (Å²) in [4.78, 5) is 0. The van der Waals surface area contributed by atoms with Gasteiger partial charge in [-0.25, -0.2) is 0 Å². The van der Waals surface area contributed by atoms with Gasteiger partial charge in [-0.15, -0.1) is 0 Å². The molecule has 0 spiro atoms. The third-order valence-electron chi connectivity index (χ3n) is 15.2. The molecule has 0 saturated carbocycles. The third-order valence-corrected chi connectivity index (χ3v) is 15.2. The van der Waals surface area contributed by atoms with Gasteiger partial charge in [0, 0.05) is 10.8 Å². The van der Waals surface area contributed by atoms with Crippen molar-refractivity contribution in [2.24, 2.45) is 0 Å². The Kier molecular flexibility index (Phi) is 8.73. The molecule has 0 aliphatic rings. The lowest BCUT2D eigenvalue weighted by Crippen LogP contribution is -1.91. The average Bonchev–Trinajstić information content (AvgIpc) is 3.82. The Balaban J connectivity index is 0.862. The first-order valence-corrected chi connectivity index (χ1v) is 24.6. The van der Waals surface area contributed by atoms with Gasteiger partial charge in [0.05, 0.1) is 0 Å². The van der Waals surface area contributed by atoms with E-state index in [-0.39, 0.29) is 0 Å². The molecule has 0 radical (unpaired) electrons. The SMILES string of the molecule is c1ccc2cc(-c3c4ccccc4c(-c4ccc5ccc(-c6ccc7ccc(-c8c9ccccc9c(-c9cccc%10oc%11ccccc%11c9%10)c9ccccc89)cc7c6)cc5c4)c4ccccc34)ccc2c1. The summed E-state index contributed by atoms with van der Waals surface area (Å²) in [5, 5.41) is 19.6. The average molecular weight is 899 g/mol. The fourth-order valence-corrected chi connectivity index (χ4v) is 12.0. The van der Waals surface area contributed by atoms with Crippen LogP contribution in [0.5, 0.6) is 0 Å². The van der Waals surface area contributed by atoms with E-state index in [9.17, 15) is 0 Å². The summed E-state index contributed by atoms with van der Waals surface area (Å²) in [6, 6.07) is 94.0. The molecular formula is C70H42O. The van der Waals surface area contributed by atoms with Gasteiger partial charge in [0.2, 0.25) is 0 Å². The molecule has 1 aromatic heterocycles. The van der Waals surface area contributed by atoms with E-state index in [0.29, 0.717) is 0 Å². The molecule has 0 aliphatic carbocycles. The first kappa shape index (κ1) is 39.7. The molecule has 0 saturated heterocycles. The van der Waals surface area contributed by atoms with Crippen molar-refractivity contribution in [3.63, 3.8) is 0 Å². The molecule has 1 nitrogen and oxygen atoms in total. The first-order chi connectivity index (χ1) is 35.2. The highest BCUT2D eigenvalue weighted by molar-refractivity contribution is 6.26. The number of furan rings is 1. The van der Waals surface area contributed by atoms with Crippen LogP contribution in [0.3, 0.4) is 0 Å². The van der Waals surface area contributed by atoms with Gasteiger partial charge in [0.1, 0.15) is 11.2 Å². The Hall–Kier alpha value is -9.30. The number of benzene rings is 14. The van der Waals surface area contributed by atoms with Gasteiger partial charge >= 0.3 is 0 Å². The molecule has 15 rings (SSSR count). The number of hydrogen-bond acceptors (Lipinski definition) is 1. The van der Waals surface area contributed by atoms with E-state index in [4.69, 9.17) is 4.42 Å². The first-order valence-electron chi connectivity index (χ1n) is 24.6. The van der Waals surface area contributed by atoms with Crippen LogP contribution in [0.2, 0.25) is 0 Å². The van der Waals surface area contributed by atoms with E-state index in [2.05, 4.69) is 249 Å². The normalized spacial score (nSPS) is 11.9. The van der Waals surface area contributed by atoms with E-state index in [1.165, 1.54) is 131 Å². The fraction of sp³-hybridized carbons (Fsp3) is 0.